The number of aliphatic carboxylic acids is 1. The predicted octanol–water partition coefficient (Wildman–Crippen LogP) is 1.52. The van der Waals surface area contributed by atoms with Crippen molar-refractivity contribution < 1.29 is 19.5 Å². The number of fused-ring (bicyclic) bond motifs is 1. The summed E-state index contributed by atoms with van der Waals surface area (Å²) in [6.07, 6.45) is 0. The van der Waals surface area contributed by atoms with Crippen molar-refractivity contribution in [3.63, 3.8) is 0 Å². The monoisotopic (exact) mass is 320 g/mol. The first kappa shape index (κ1) is 14.9. The summed E-state index contributed by atoms with van der Waals surface area (Å²) < 4.78 is 0. The zero-order chi connectivity index (χ0) is 15.9. The summed E-state index contributed by atoms with van der Waals surface area (Å²) in [5.74, 6) is -1.33. The van der Waals surface area contributed by atoms with Crippen molar-refractivity contribution in [1.82, 2.24) is 4.90 Å². The summed E-state index contributed by atoms with van der Waals surface area (Å²) in [4.78, 5) is 37.6. The second-order valence-electron chi connectivity index (χ2n) is 5.68. The van der Waals surface area contributed by atoms with Crippen LogP contribution in [0.2, 0.25) is 0 Å². The Morgan fingerprint density at radius 3 is 2.82 bits per heavy atom. The second-order valence-corrected chi connectivity index (χ2v) is 6.70. The lowest BCUT2D eigenvalue weighted by Crippen LogP contribution is -2.30. The largest absolute Gasteiger partial charge is 0.481 e. The van der Waals surface area contributed by atoms with Gasteiger partial charge >= 0.3 is 5.97 Å². The number of carbonyl (C=O) groups excluding carboxylic acids is 2. The predicted molar refractivity (Wildman–Crippen MR) is 82.0 cm³/mol. The highest BCUT2D eigenvalue weighted by Crippen LogP contribution is 2.33. The molecule has 2 atom stereocenters. The van der Waals surface area contributed by atoms with Gasteiger partial charge in [-0.1, -0.05) is 6.92 Å². The van der Waals surface area contributed by atoms with Crippen molar-refractivity contribution in [3.05, 3.63) is 23.8 Å². The van der Waals surface area contributed by atoms with Gasteiger partial charge in [-0.05, 0) is 24.1 Å². The number of hydrogen-bond donors (Lipinski definition) is 2. The molecule has 3 rings (SSSR count). The van der Waals surface area contributed by atoms with E-state index in [0.29, 0.717) is 23.5 Å². The van der Waals surface area contributed by atoms with E-state index >= 15 is 0 Å². The van der Waals surface area contributed by atoms with Crippen LogP contribution in [0, 0.1) is 11.8 Å². The Labute approximate surface area is 131 Å². The molecule has 0 aromatic heterocycles. The van der Waals surface area contributed by atoms with Crippen LogP contribution in [-0.4, -0.2) is 46.6 Å². The number of nitrogens with zero attached hydrogens (tertiary/aromatic N) is 1. The van der Waals surface area contributed by atoms with E-state index < -0.39 is 11.9 Å². The third-order valence-electron chi connectivity index (χ3n) is 4.08. The number of nitrogens with one attached hydrogen (secondary N) is 1. The smallest absolute Gasteiger partial charge is 0.308 e. The normalized spacial score (nSPS) is 23.9. The fraction of sp³-hybridized carbons (Fsp3) is 0.400. The molecule has 116 valence electrons. The molecule has 1 saturated heterocycles. The molecule has 6 nitrogen and oxygen atoms in total. The zero-order valence-electron chi connectivity index (χ0n) is 12.0. The first-order chi connectivity index (χ1) is 10.5. The summed E-state index contributed by atoms with van der Waals surface area (Å²) >= 11 is 1.44. The van der Waals surface area contributed by atoms with E-state index in [4.69, 9.17) is 5.11 Å². The van der Waals surface area contributed by atoms with Crippen LogP contribution in [0.25, 0.3) is 0 Å². The summed E-state index contributed by atoms with van der Waals surface area (Å²) in [6.45, 7) is 2.51. The first-order valence-electron chi connectivity index (χ1n) is 7.04. The van der Waals surface area contributed by atoms with Gasteiger partial charge in [0.25, 0.3) is 5.91 Å². The third kappa shape index (κ3) is 2.68. The summed E-state index contributed by atoms with van der Waals surface area (Å²) in [5.41, 5.74) is 1.12. The van der Waals surface area contributed by atoms with Gasteiger partial charge in [0.05, 0.1) is 17.4 Å². The molecule has 1 aromatic rings. The Bertz CT molecular complexity index is 661. The Morgan fingerprint density at radius 2 is 2.14 bits per heavy atom. The molecule has 0 saturated carbocycles. The highest BCUT2D eigenvalue weighted by atomic mass is 32.2. The highest BCUT2D eigenvalue weighted by Gasteiger charge is 2.37. The molecule has 0 spiro atoms. The Hall–Kier alpha value is -2.02. The number of thioether (sulfide) groups is 1. The van der Waals surface area contributed by atoms with E-state index in [9.17, 15) is 14.4 Å². The molecule has 7 heteroatoms. The maximum atomic E-state index is 12.5. The number of benzene rings is 1. The Morgan fingerprint density at radius 1 is 1.36 bits per heavy atom. The number of amides is 2. The molecule has 2 aliphatic rings. The van der Waals surface area contributed by atoms with Crippen LogP contribution in [0.5, 0.6) is 0 Å². The molecule has 1 fully saturated rings. The van der Waals surface area contributed by atoms with Crippen LogP contribution in [0.3, 0.4) is 0 Å². The Balaban J connectivity index is 1.80. The number of carbonyl (C=O) groups is 3. The minimum absolute atomic E-state index is 0.0608. The molecule has 0 bridgehead atoms. The summed E-state index contributed by atoms with van der Waals surface area (Å²) in [6, 6.07) is 5.21. The lowest BCUT2D eigenvalue weighted by Gasteiger charge is -2.19. The van der Waals surface area contributed by atoms with Crippen molar-refractivity contribution in [2.75, 3.05) is 24.2 Å². The molecule has 2 N–H and O–H groups in total. The van der Waals surface area contributed by atoms with Gasteiger partial charge in [0.2, 0.25) is 5.91 Å². The van der Waals surface area contributed by atoms with Gasteiger partial charge in [0.15, 0.2) is 0 Å². The molecule has 0 radical (unpaired) electrons. The lowest BCUT2D eigenvalue weighted by atomic mass is 9.99. The van der Waals surface area contributed by atoms with Crippen LogP contribution in [0.1, 0.15) is 17.3 Å². The van der Waals surface area contributed by atoms with Crippen molar-refractivity contribution in [2.24, 2.45) is 11.8 Å². The maximum absolute atomic E-state index is 12.5. The van der Waals surface area contributed by atoms with E-state index in [1.807, 2.05) is 13.0 Å². The standard InChI is InChI=1S/C15H16N2O4S/c1-8-5-17(6-10(8)15(20)21)14(19)9-2-3-12-11(4-9)16-13(18)7-22-12/h2-4,8,10H,5-7H2,1H3,(H,16,18)(H,20,21)/t8-,10-/m1/s1. The second kappa shape index (κ2) is 5.64. The van der Waals surface area contributed by atoms with Gasteiger partial charge in [-0.25, -0.2) is 0 Å². The zero-order valence-corrected chi connectivity index (χ0v) is 12.9. The number of carboxylic acid groups (broad SMARTS) is 1. The van der Waals surface area contributed by atoms with E-state index in [2.05, 4.69) is 5.32 Å². The fourth-order valence-corrected chi connectivity index (χ4v) is 3.64. The average molecular weight is 320 g/mol. The topological polar surface area (TPSA) is 86.7 Å². The molecular formula is C15H16N2O4S. The first-order valence-corrected chi connectivity index (χ1v) is 8.03. The lowest BCUT2D eigenvalue weighted by molar-refractivity contribution is -0.142. The van der Waals surface area contributed by atoms with Gasteiger partial charge in [-0.2, -0.15) is 0 Å². The number of rotatable bonds is 2. The number of likely N-dealkylation sites (tertiary alicyclic amines) is 1. The summed E-state index contributed by atoms with van der Waals surface area (Å²) in [5, 5.41) is 11.9. The third-order valence-corrected chi connectivity index (χ3v) is 5.15. The molecule has 0 aliphatic carbocycles. The van der Waals surface area contributed by atoms with Crippen molar-refractivity contribution >= 4 is 35.2 Å². The molecule has 2 aliphatic heterocycles. The van der Waals surface area contributed by atoms with Crippen LogP contribution in [0.15, 0.2) is 23.1 Å². The van der Waals surface area contributed by atoms with Gasteiger partial charge in [0, 0.05) is 23.5 Å². The van der Waals surface area contributed by atoms with Gasteiger partial charge in [-0.3, -0.25) is 14.4 Å². The molecular weight excluding hydrogens is 304 g/mol. The minimum Gasteiger partial charge on any atom is -0.481 e. The average Bonchev–Trinajstić information content (AvgIpc) is 2.88. The molecule has 0 unspecified atom stereocenters. The quantitative estimate of drug-likeness (QED) is 0.863. The summed E-state index contributed by atoms with van der Waals surface area (Å²) in [7, 11) is 0. The van der Waals surface area contributed by atoms with Crippen molar-refractivity contribution in [3.8, 4) is 0 Å². The fourth-order valence-electron chi connectivity index (χ4n) is 2.85. The van der Waals surface area contributed by atoms with E-state index in [1.54, 1.807) is 17.0 Å². The van der Waals surface area contributed by atoms with Gasteiger partial charge in [-0.15, -0.1) is 11.8 Å². The molecule has 2 heterocycles. The maximum Gasteiger partial charge on any atom is 0.308 e. The SMILES string of the molecule is C[C@@H]1CN(C(=O)c2ccc3c(c2)NC(=O)CS3)C[C@H]1C(=O)O. The number of anilines is 1. The van der Waals surface area contributed by atoms with E-state index in [0.717, 1.165) is 4.90 Å². The number of carboxylic acids is 1. The van der Waals surface area contributed by atoms with Crippen LogP contribution < -0.4 is 5.32 Å². The molecule has 1 aromatic carbocycles. The van der Waals surface area contributed by atoms with Crippen molar-refractivity contribution in [2.45, 2.75) is 11.8 Å². The van der Waals surface area contributed by atoms with E-state index in [-0.39, 0.29) is 24.3 Å². The van der Waals surface area contributed by atoms with Gasteiger partial charge < -0.3 is 15.3 Å². The number of hydrogen-bond acceptors (Lipinski definition) is 4. The molecule has 2 amide bonds. The van der Waals surface area contributed by atoms with Gasteiger partial charge in [0.1, 0.15) is 0 Å². The Kier molecular flexibility index (Phi) is 3.82. The minimum atomic E-state index is -0.864. The van der Waals surface area contributed by atoms with E-state index in [1.165, 1.54) is 11.8 Å². The molecule has 22 heavy (non-hydrogen) atoms. The highest BCUT2D eigenvalue weighted by molar-refractivity contribution is 8.00. The van der Waals surface area contributed by atoms with Crippen LogP contribution >= 0.6 is 11.8 Å². The van der Waals surface area contributed by atoms with Crippen LogP contribution in [-0.2, 0) is 9.59 Å². The van der Waals surface area contributed by atoms with Crippen molar-refractivity contribution in [1.29, 1.82) is 0 Å². The van der Waals surface area contributed by atoms with Crippen LogP contribution in [0.4, 0.5) is 5.69 Å².